The minimum absolute atomic E-state index is 0.225. The third kappa shape index (κ3) is 4.25. The Hall–Kier alpha value is -0.670. The number of carbonyl (C=O) groups is 1. The average molecular weight is 237 g/mol. The molecule has 0 aromatic carbocycles. The van der Waals surface area contributed by atoms with E-state index in [2.05, 4.69) is 11.4 Å². The van der Waals surface area contributed by atoms with Gasteiger partial charge in [-0.2, -0.15) is 0 Å². The summed E-state index contributed by atoms with van der Waals surface area (Å²) < 4.78 is 5.38. The molecule has 0 spiro atoms. The van der Waals surface area contributed by atoms with Crippen LogP contribution in [0.3, 0.4) is 0 Å². The molecule has 3 nitrogen and oxygen atoms in total. The third-order valence-corrected chi connectivity index (χ3v) is 3.58. The van der Waals surface area contributed by atoms with Crippen molar-refractivity contribution in [3.63, 3.8) is 0 Å². The number of hydrogen-bond acceptors (Lipinski definition) is 3. The number of nitrogens with one attached hydrogen (secondary N) is 1. The zero-order chi connectivity index (χ0) is 11.9. The van der Waals surface area contributed by atoms with Crippen LogP contribution in [-0.4, -0.2) is 31.6 Å². The number of morpholine rings is 1. The molecule has 2 rings (SSSR count). The second kappa shape index (κ2) is 6.92. The first kappa shape index (κ1) is 12.8. The van der Waals surface area contributed by atoms with E-state index in [0.29, 0.717) is 18.8 Å². The lowest BCUT2D eigenvalue weighted by Crippen LogP contribution is -2.42. The smallest absolute Gasteiger partial charge is 0.160 e. The van der Waals surface area contributed by atoms with Crippen LogP contribution in [0.4, 0.5) is 0 Å². The van der Waals surface area contributed by atoms with Crippen molar-refractivity contribution in [1.82, 2.24) is 5.32 Å². The van der Waals surface area contributed by atoms with Gasteiger partial charge in [-0.3, -0.25) is 4.79 Å². The van der Waals surface area contributed by atoms with Crippen molar-refractivity contribution in [1.29, 1.82) is 0 Å². The fourth-order valence-corrected chi connectivity index (χ4v) is 2.55. The first-order chi connectivity index (χ1) is 8.36. The molecular weight excluding hydrogens is 214 g/mol. The molecule has 1 aliphatic carbocycles. The molecule has 1 fully saturated rings. The Balaban J connectivity index is 1.84. The van der Waals surface area contributed by atoms with Crippen LogP contribution in [0.1, 0.15) is 44.9 Å². The predicted molar refractivity (Wildman–Crippen MR) is 68.0 cm³/mol. The van der Waals surface area contributed by atoms with E-state index in [-0.39, 0.29) is 6.04 Å². The highest BCUT2D eigenvalue weighted by Crippen LogP contribution is 2.19. The Morgan fingerprint density at radius 2 is 2.24 bits per heavy atom. The van der Waals surface area contributed by atoms with E-state index in [1.54, 1.807) is 0 Å². The second-order valence-corrected chi connectivity index (χ2v) is 5.04. The second-order valence-electron chi connectivity index (χ2n) is 5.04. The van der Waals surface area contributed by atoms with E-state index in [1.165, 1.54) is 25.7 Å². The number of carbonyl (C=O) groups excluding carboxylic acids is 1. The van der Waals surface area contributed by atoms with Gasteiger partial charge in [0.1, 0.15) is 0 Å². The Labute approximate surface area is 104 Å². The van der Waals surface area contributed by atoms with Crippen LogP contribution in [0, 0.1) is 0 Å². The van der Waals surface area contributed by atoms with Gasteiger partial charge in [-0.15, -0.1) is 0 Å². The molecule has 0 bridgehead atoms. The highest BCUT2D eigenvalue weighted by molar-refractivity contribution is 5.95. The normalized spacial score (nSPS) is 26.8. The molecular formula is C14H23NO2. The topological polar surface area (TPSA) is 38.3 Å². The molecule has 3 heteroatoms. The van der Waals surface area contributed by atoms with Gasteiger partial charge in [-0.1, -0.05) is 18.9 Å². The van der Waals surface area contributed by atoms with Gasteiger partial charge in [0.15, 0.2) is 5.78 Å². The van der Waals surface area contributed by atoms with E-state index >= 15 is 0 Å². The van der Waals surface area contributed by atoms with Crippen LogP contribution < -0.4 is 5.32 Å². The summed E-state index contributed by atoms with van der Waals surface area (Å²) in [5, 5.41) is 3.34. The molecule has 1 unspecified atom stereocenters. The summed E-state index contributed by atoms with van der Waals surface area (Å²) in [7, 11) is 0. The third-order valence-electron chi connectivity index (χ3n) is 3.58. The molecule has 0 aromatic rings. The number of Topliss-reactive ketones (excluding diaryl/α,β-unsaturated/α-hetero) is 1. The summed E-state index contributed by atoms with van der Waals surface area (Å²) in [6.45, 7) is 2.32. The summed E-state index contributed by atoms with van der Waals surface area (Å²) in [6.07, 6.45) is 9.83. The Morgan fingerprint density at radius 1 is 1.35 bits per heavy atom. The van der Waals surface area contributed by atoms with Crippen molar-refractivity contribution in [2.45, 2.75) is 51.0 Å². The van der Waals surface area contributed by atoms with Crippen molar-refractivity contribution < 1.29 is 9.53 Å². The molecule has 1 atom stereocenters. The van der Waals surface area contributed by atoms with E-state index in [4.69, 9.17) is 4.74 Å². The molecule has 0 radical (unpaired) electrons. The lowest BCUT2D eigenvalue weighted by molar-refractivity contribution is -0.116. The Morgan fingerprint density at radius 3 is 3.06 bits per heavy atom. The van der Waals surface area contributed by atoms with Crippen LogP contribution in [0.25, 0.3) is 0 Å². The number of ether oxygens (including phenoxy) is 1. The van der Waals surface area contributed by atoms with Crippen molar-refractivity contribution in [2.75, 3.05) is 19.8 Å². The number of hydrogen-bond donors (Lipinski definition) is 1. The monoisotopic (exact) mass is 237 g/mol. The zero-order valence-corrected chi connectivity index (χ0v) is 10.5. The van der Waals surface area contributed by atoms with Crippen LogP contribution in [0.2, 0.25) is 0 Å². The van der Waals surface area contributed by atoms with Gasteiger partial charge in [0, 0.05) is 19.0 Å². The maximum absolute atomic E-state index is 12.2. The average Bonchev–Trinajstić information content (AvgIpc) is 2.29. The Bertz CT molecular complexity index is 280. The summed E-state index contributed by atoms with van der Waals surface area (Å²) in [5.74, 6) is 0.329. The van der Waals surface area contributed by atoms with Crippen molar-refractivity contribution >= 4 is 5.78 Å². The van der Waals surface area contributed by atoms with Gasteiger partial charge in [-0.05, 0) is 31.3 Å². The van der Waals surface area contributed by atoms with Crippen LogP contribution in [0.5, 0.6) is 0 Å². The van der Waals surface area contributed by atoms with Crippen molar-refractivity contribution in [3.05, 3.63) is 11.6 Å². The number of ketones is 1. The molecule has 0 aromatic heterocycles. The van der Waals surface area contributed by atoms with Crippen LogP contribution >= 0.6 is 0 Å². The van der Waals surface area contributed by atoms with Crippen molar-refractivity contribution in [2.24, 2.45) is 0 Å². The van der Waals surface area contributed by atoms with E-state index in [0.717, 1.165) is 31.6 Å². The van der Waals surface area contributed by atoms with E-state index in [9.17, 15) is 4.79 Å². The standard InChI is InChI=1S/C14H23NO2/c16-14(10-13-11-17-9-8-15-13)12-6-4-2-1-3-5-7-12/h6,13,15H,1-5,7-11H2. The highest BCUT2D eigenvalue weighted by atomic mass is 16.5. The fraction of sp³-hybridized carbons (Fsp3) is 0.786. The maximum Gasteiger partial charge on any atom is 0.160 e. The minimum Gasteiger partial charge on any atom is -0.378 e. The quantitative estimate of drug-likeness (QED) is 0.818. The molecule has 2 aliphatic rings. The van der Waals surface area contributed by atoms with Crippen LogP contribution in [0.15, 0.2) is 11.6 Å². The molecule has 0 amide bonds. The van der Waals surface area contributed by atoms with Gasteiger partial charge in [0.25, 0.3) is 0 Å². The van der Waals surface area contributed by atoms with Crippen molar-refractivity contribution in [3.8, 4) is 0 Å². The molecule has 1 heterocycles. The highest BCUT2D eigenvalue weighted by Gasteiger charge is 2.19. The Kier molecular flexibility index (Phi) is 5.20. The largest absolute Gasteiger partial charge is 0.378 e. The van der Waals surface area contributed by atoms with Crippen LogP contribution in [-0.2, 0) is 9.53 Å². The summed E-state index contributed by atoms with van der Waals surface area (Å²) >= 11 is 0. The first-order valence-electron chi connectivity index (χ1n) is 6.89. The lowest BCUT2D eigenvalue weighted by atomic mass is 9.94. The summed E-state index contributed by atoms with van der Waals surface area (Å²) in [4.78, 5) is 12.2. The SMILES string of the molecule is O=C(CC1COCCN1)C1=CCCCCCC1. The van der Waals surface area contributed by atoms with Gasteiger partial charge in [0.2, 0.25) is 0 Å². The predicted octanol–water partition coefficient (Wildman–Crippen LogP) is 2.21. The number of rotatable bonds is 3. The van der Waals surface area contributed by atoms with Gasteiger partial charge in [0.05, 0.1) is 13.2 Å². The van der Waals surface area contributed by atoms with Gasteiger partial charge < -0.3 is 10.1 Å². The molecule has 1 saturated heterocycles. The zero-order valence-electron chi connectivity index (χ0n) is 10.5. The maximum atomic E-state index is 12.2. The first-order valence-corrected chi connectivity index (χ1v) is 6.89. The molecule has 96 valence electrons. The fourth-order valence-electron chi connectivity index (χ4n) is 2.55. The van der Waals surface area contributed by atoms with E-state index in [1.807, 2.05) is 0 Å². The summed E-state index contributed by atoms with van der Waals surface area (Å²) in [5.41, 5.74) is 1.07. The number of allylic oxidation sites excluding steroid dienone is 2. The lowest BCUT2D eigenvalue weighted by Gasteiger charge is -2.23. The van der Waals surface area contributed by atoms with Gasteiger partial charge >= 0.3 is 0 Å². The molecule has 1 N–H and O–H groups in total. The minimum atomic E-state index is 0.225. The molecule has 17 heavy (non-hydrogen) atoms. The molecule has 1 aliphatic heterocycles. The summed E-state index contributed by atoms with van der Waals surface area (Å²) in [6, 6.07) is 0.225. The molecule has 0 saturated carbocycles. The van der Waals surface area contributed by atoms with Gasteiger partial charge in [-0.25, -0.2) is 0 Å². The van der Waals surface area contributed by atoms with E-state index < -0.39 is 0 Å².